The fourth-order valence-electron chi connectivity index (χ4n) is 2.66. The zero-order valence-electron chi connectivity index (χ0n) is 13.4. The summed E-state index contributed by atoms with van der Waals surface area (Å²) in [4.78, 5) is 27.8. The lowest BCUT2D eigenvalue weighted by atomic mass is 10.1. The highest BCUT2D eigenvalue weighted by Crippen LogP contribution is 2.19. The van der Waals surface area contributed by atoms with E-state index in [2.05, 4.69) is 5.16 Å². The summed E-state index contributed by atoms with van der Waals surface area (Å²) < 4.78 is 5.09. The van der Waals surface area contributed by atoms with Crippen LogP contribution in [-0.4, -0.2) is 35.1 Å². The zero-order chi connectivity index (χ0) is 17.1. The van der Waals surface area contributed by atoms with Gasteiger partial charge in [0.2, 0.25) is 11.8 Å². The first-order chi connectivity index (χ1) is 11.5. The maximum atomic E-state index is 12.8. The third-order valence-electron chi connectivity index (χ3n) is 3.95. The number of benzene rings is 1. The molecule has 0 atom stereocenters. The number of aromatic nitrogens is 1. The molecule has 0 unspecified atom stereocenters. The largest absolute Gasteiger partial charge is 0.360 e. The molecule has 0 aliphatic carbocycles. The second-order valence-corrected chi connectivity index (χ2v) is 6.26. The molecule has 3 rings (SSSR count). The van der Waals surface area contributed by atoms with Crippen molar-refractivity contribution in [3.8, 4) is 0 Å². The van der Waals surface area contributed by atoms with E-state index in [-0.39, 0.29) is 24.9 Å². The number of anilines is 1. The Hall–Kier alpha value is -2.34. The summed E-state index contributed by atoms with van der Waals surface area (Å²) in [5.74, 6) is 0.943. The predicted molar refractivity (Wildman–Crippen MR) is 89.7 cm³/mol. The molecule has 6 nitrogen and oxygen atoms in total. The van der Waals surface area contributed by atoms with Crippen LogP contribution in [0.3, 0.4) is 0 Å². The van der Waals surface area contributed by atoms with Crippen molar-refractivity contribution in [2.75, 3.05) is 18.1 Å². The van der Waals surface area contributed by atoms with Crippen LogP contribution >= 0.6 is 11.6 Å². The summed E-state index contributed by atoms with van der Waals surface area (Å²) in [6, 6.07) is 8.82. The van der Waals surface area contributed by atoms with E-state index in [4.69, 9.17) is 16.1 Å². The van der Waals surface area contributed by atoms with Crippen LogP contribution in [-0.2, 0) is 16.0 Å². The highest BCUT2D eigenvalue weighted by atomic mass is 35.5. The Kier molecular flexibility index (Phi) is 4.85. The number of halogens is 1. The lowest BCUT2D eigenvalue weighted by molar-refractivity contribution is -0.128. The molecule has 1 aromatic carbocycles. The molecule has 0 saturated carbocycles. The molecule has 24 heavy (non-hydrogen) atoms. The fraction of sp³-hybridized carbons (Fsp3) is 0.353. The third-order valence-corrected chi connectivity index (χ3v) is 4.20. The van der Waals surface area contributed by atoms with Crippen molar-refractivity contribution in [1.82, 2.24) is 10.1 Å². The van der Waals surface area contributed by atoms with Gasteiger partial charge >= 0.3 is 0 Å². The molecular formula is C17H18ClN3O3. The van der Waals surface area contributed by atoms with Crippen molar-refractivity contribution in [3.05, 3.63) is 46.7 Å². The Morgan fingerprint density at radius 2 is 2.12 bits per heavy atom. The molecule has 2 aromatic rings. The van der Waals surface area contributed by atoms with Crippen molar-refractivity contribution in [2.24, 2.45) is 0 Å². The van der Waals surface area contributed by atoms with Crippen molar-refractivity contribution >= 4 is 29.2 Å². The van der Waals surface area contributed by atoms with Gasteiger partial charge in [-0.05, 0) is 31.0 Å². The van der Waals surface area contributed by atoms with Crippen molar-refractivity contribution < 1.29 is 14.1 Å². The van der Waals surface area contributed by atoms with E-state index in [1.54, 1.807) is 30.0 Å². The maximum Gasteiger partial charge on any atom is 0.234 e. The highest BCUT2D eigenvalue weighted by molar-refractivity contribution is 6.30. The van der Waals surface area contributed by atoms with E-state index in [9.17, 15) is 9.59 Å². The zero-order valence-corrected chi connectivity index (χ0v) is 14.1. The van der Waals surface area contributed by atoms with Crippen LogP contribution in [0.4, 0.5) is 5.82 Å². The standard InChI is InChI=1S/C17H18ClN3O3/c1-12-9-15(19-24-12)21(11-20-8-2-3-16(20)22)17(23)10-13-4-6-14(18)7-5-13/h4-7,9H,2-3,8,10-11H2,1H3. The number of nitrogens with zero attached hydrogens (tertiary/aromatic N) is 3. The first kappa shape index (κ1) is 16.5. The normalized spacial score (nSPS) is 14.2. The highest BCUT2D eigenvalue weighted by Gasteiger charge is 2.27. The van der Waals surface area contributed by atoms with Crippen LogP contribution < -0.4 is 4.90 Å². The third kappa shape index (κ3) is 3.76. The molecular weight excluding hydrogens is 330 g/mol. The van der Waals surface area contributed by atoms with Gasteiger partial charge in [0.15, 0.2) is 5.82 Å². The van der Waals surface area contributed by atoms with Crippen LogP contribution in [0.15, 0.2) is 34.9 Å². The monoisotopic (exact) mass is 347 g/mol. The molecule has 126 valence electrons. The number of amides is 2. The molecule has 0 bridgehead atoms. The van der Waals surface area contributed by atoms with Crippen molar-refractivity contribution in [3.63, 3.8) is 0 Å². The molecule has 0 radical (unpaired) electrons. The Balaban J connectivity index is 1.79. The summed E-state index contributed by atoms with van der Waals surface area (Å²) in [7, 11) is 0. The summed E-state index contributed by atoms with van der Waals surface area (Å²) in [5, 5.41) is 4.55. The van der Waals surface area contributed by atoms with E-state index >= 15 is 0 Å². The molecule has 0 N–H and O–H groups in total. The lowest BCUT2D eigenvalue weighted by Crippen LogP contribution is -2.43. The molecule has 1 saturated heterocycles. The molecule has 1 fully saturated rings. The molecule has 7 heteroatoms. The number of aryl methyl sites for hydroxylation is 1. The molecule has 1 aliphatic rings. The van der Waals surface area contributed by atoms with Gasteiger partial charge in [0.05, 0.1) is 6.42 Å². The average Bonchev–Trinajstić information content (AvgIpc) is 3.15. The van der Waals surface area contributed by atoms with E-state index in [1.165, 1.54) is 4.90 Å². The van der Waals surface area contributed by atoms with E-state index in [1.807, 2.05) is 12.1 Å². The second-order valence-electron chi connectivity index (χ2n) is 5.82. The van der Waals surface area contributed by atoms with E-state index < -0.39 is 0 Å². The van der Waals surface area contributed by atoms with Crippen LogP contribution in [0.2, 0.25) is 5.02 Å². The molecule has 2 amide bonds. The van der Waals surface area contributed by atoms with Gasteiger partial charge in [-0.15, -0.1) is 0 Å². The minimum Gasteiger partial charge on any atom is -0.360 e. The summed E-state index contributed by atoms with van der Waals surface area (Å²) in [6.45, 7) is 2.61. The Labute approximate surface area is 145 Å². The number of likely N-dealkylation sites (tertiary alicyclic amines) is 1. The van der Waals surface area contributed by atoms with Gasteiger partial charge < -0.3 is 9.42 Å². The predicted octanol–water partition coefficient (Wildman–Crippen LogP) is 2.79. The van der Waals surface area contributed by atoms with Crippen LogP contribution in [0, 0.1) is 6.92 Å². The van der Waals surface area contributed by atoms with Crippen molar-refractivity contribution in [1.29, 1.82) is 0 Å². The topological polar surface area (TPSA) is 66.7 Å². The summed E-state index contributed by atoms with van der Waals surface area (Å²) in [6.07, 6.45) is 1.54. The maximum absolute atomic E-state index is 12.8. The van der Waals surface area contributed by atoms with Gasteiger partial charge in [-0.25, -0.2) is 0 Å². The Morgan fingerprint density at radius 1 is 1.38 bits per heavy atom. The summed E-state index contributed by atoms with van der Waals surface area (Å²) in [5.41, 5.74) is 0.849. The minimum atomic E-state index is -0.148. The van der Waals surface area contributed by atoms with Crippen LogP contribution in [0.25, 0.3) is 0 Å². The Morgan fingerprint density at radius 3 is 2.71 bits per heavy atom. The fourth-order valence-corrected chi connectivity index (χ4v) is 2.78. The van der Waals surface area contributed by atoms with E-state index in [0.717, 1.165) is 12.0 Å². The lowest BCUT2D eigenvalue weighted by Gasteiger charge is -2.26. The molecule has 0 spiro atoms. The van der Waals surface area contributed by atoms with Gasteiger partial charge in [0, 0.05) is 24.1 Å². The summed E-state index contributed by atoms with van der Waals surface area (Å²) >= 11 is 5.88. The van der Waals surface area contributed by atoms with E-state index in [0.29, 0.717) is 29.6 Å². The Bertz CT molecular complexity index is 742. The van der Waals surface area contributed by atoms with Gasteiger partial charge in [-0.2, -0.15) is 0 Å². The first-order valence-corrected chi connectivity index (χ1v) is 8.16. The number of hydrogen-bond donors (Lipinski definition) is 0. The first-order valence-electron chi connectivity index (χ1n) is 7.79. The number of carbonyl (C=O) groups is 2. The van der Waals surface area contributed by atoms with Gasteiger partial charge in [0.25, 0.3) is 0 Å². The van der Waals surface area contributed by atoms with Crippen LogP contribution in [0.1, 0.15) is 24.2 Å². The quantitative estimate of drug-likeness (QED) is 0.834. The smallest absolute Gasteiger partial charge is 0.234 e. The SMILES string of the molecule is Cc1cc(N(CN2CCCC2=O)C(=O)Cc2ccc(Cl)cc2)no1. The molecule has 1 aromatic heterocycles. The molecule has 1 aliphatic heterocycles. The number of carbonyl (C=O) groups excluding carboxylic acids is 2. The minimum absolute atomic E-state index is 0.0551. The van der Waals surface area contributed by atoms with Crippen LogP contribution in [0.5, 0.6) is 0 Å². The number of hydrogen-bond acceptors (Lipinski definition) is 4. The van der Waals surface area contributed by atoms with Crippen molar-refractivity contribution in [2.45, 2.75) is 26.2 Å². The van der Waals surface area contributed by atoms with Gasteiger partial charge in [-0.3, -0.25) is 14.5 Å². The van der Waals surface area contributed by atoms with Gasteiger partial charge in [0.1, 0.15) is 12.4 Å². The number of rotatable bonds is 5. The van der Waals surface area contributed by atoms with Gasteiger partial charge in [-0.1, -0.05) is 28.9 Å². The average molecular weight is 348 g/mol. The second kappa shape index (κ2) is 7.05. The molecule has 2 heterocycles.